The van der Waals surface area contributed by atoms with Gasteiger partial charge in [0.05, 0.1) is 17.0 Å². The molecule has 1 fully saturated rings. The van der Waals surface area contributed by atoms with Gasteiger partial charge in [-0.25, -0.2) is 13.4 Å². The summed E-state index contributed by atoms with van der Waals surface area (Å²) in [6, 6.07) is 17.7. The first-order valence-electron chi connectivity index (χ1n) is 11.1. The number of hydrogen-bond donors (Lipinski definition) is 2. The SMILES string of the molecule is Cn1c(-c2ccc(N3CCNCC3)cc2)c(-c2ccc(NS(C)(=O)=O)cc2)c2c(Cl)ccnc21. The number of aromatic nitrogens is 2. The maximum Gasteiger partial charge on any atom is 0.229 e. The normalized spacial score (nSPS) is 14.5. The Bertz CT molecular complexity index is 1440. The molecule has 2 aromatic heterocycles. The molecule has 1 saturated heterocycles. The Morgan fingerprint density at radius 2 is 1.62 bits per heavy atom. The first-order chi connectivity index (χ1) is 16.3. The van der Waals surface area contributed by atoms with Gasteiger partial charge in [0, 0.05) is 61.7 Å². The van der Waals surface area contributed by atoms with E-state index in [2.05, 4.69) is 48.8 Å². The van der Waals surface area contributed by atoms with E-state index in [9.17, 15) is 8.42 Å². The number of piperazine rings is 1. The van der Waals surface area contributed by atoms with Crippen LogP contribution in [0.4, 0.5) is 11.4 Å². The highest BCUT2D eigenvalue weighted by Crippen LogP contribution is 2.43. The predicted octanol–water partition coefficient (Wildman–Crippen LogP) is 4.34. The zero-order valence-electron chi connectivity index (χ0n) is 19.0. The Hall–Kier alpha value is -3.07. The standard InChI is InChI=1S/C25H26ClN5O2S/c1-30-24(18-5-9-20(10-6-18)31-15-13-27-14-16-31)22(23-21(26)11-12-28-25(23)30)17-3-7-19(8-4-17)29-34(2,32)33/h3-12,27,29H,13-16H2,1-2H3. The average molecular weight is 496 g/mol. The van der Waals surface area contributed by atoms with E-state index in [0.717, 1.165) is 65.9 Å². The van der Waals surface area contributed by atoms with Gasteiger partial charge in [-0.3, -0.25) is 4.72 Å². The minimum atomic E-state index is -3.35. The number of sulfonamides is 1. The van der Waals surface area contributed by atoms with Crippen molar-refractivity contribution in [1.82, 2.24) is 14.9 Å². The van der Waals surface area contributed by atoms with Crippen LogP contribution in [0.2, 0.25) is 5.02 Å². The lowest BCUT2D eigenvalue weighted by Gasteiger charge is -2.29. The van der Waals surface area contributed by atoms with Crippen LogP contribution < -0.4 is 14.9 Å². The molecule has 4 aromatic rings. The molecule has 0 aliphatic carbocycles. The quantitative estimate of drug-likeness (QED) is 0.430. The molecule has 34 heavy (non-hydrogen) atoms. The monoisotopic (exact) mass is 495 g/mol. The number of hydrogen-bond acceptors (Lipinski definition) is 5. The van der Waals surface area contributed by atoms with E-state index in [0.29, 0.717) is 10.7 Å². The topological polar surface area (TPSA) is 79.3 Å². The summed E-state index contributed by atoms with van der Waals surface area (Å²) in [6.07, 6.45) is 2.85. The van der Waals surface area contributed by atoms with Gasteiger partial charge in [-0.1, -0.05) is 35.9 Å². The van der Waals surface area contributed by atoms with Crippen LogP contribution in [0.15, 0.2) is 60.8 Å². The summed E-state index contributed by atoms with van der Waals surface area (Å²) in [7, 11) is -1.36. The molecule has 3 heterocycles. The molecule has 0 amide bonds. The summed E-state index contributed by atoms with van der Waals surface area (Å²) in [4.78, 5) is 6.99. The second-order valence-corrected chi connectivity index (χ2v) is 10.7. The molecule has 5 rings (SSSR count). The summed E-state index contributed by atoms with van der Waals surface area (Å²) in [5.74, 6) is 0. The van der Waals surface area contributed by atoms with Gasteiger partial charge < -0.3 is 14.8 Å². The van der Waals surface area contributed by atoms with Crippen LogP contribution in [0.3, 0.4) is 0 Å². The third-order valence-electron chi connectivity index (χ3n) is 6.12. The number of benzene rings is 2. The van der Waals surface area contributed by atoms with Crippen LogP contribution in [0.25, 0.3) is 33.4 Å². The lowest BCUT2D eigenvalue weighted by molar-refractivity contribution is 0.589. The van der Waals surface area contributed by atoms with Crippen molar-refractivity contribution in [2.45, 2.75) is 0 Å². The van der Waals surface area contributed by atoms with Crippen LogP contribution in [0.1, 0.15) is 0 Å². The number of halogens is 1. The Balaban J connectivity index is 1.63. The molecule has 9 heteroatoms. The predicted molar refractivity (Wildman–Crippen MR) is 140 cm³/mol. The van der Waals surface area contributed by atoms with Crippen molar-refractivity contribution in [3.05, 3.63) is 65.8 Å². The highest BCUT2D eigenvalue weighted by Gasteiger charge is 2.22. The van der Waals surface area contributed by atoms with Gasteiger partial charge >= 0.3 is 0 Å². The molecule has 0 bridgehead atoms. The fourth-order valence-corrected chi connectivity index (χ4v) is 5.40. The zero-order valence-corrected chi connectivity index (χ0v) is 20.6. The lowest BCUT2D eigenvalue weighted by atomic mass is 9.98. The first-order valence-corrected chi connectivity index (χ1v) is 13.4. The van der Waals surface area contributed by atoms with Crippen molar-refractivity contribution in [3.63, 3.8) is 0 Å². The fraction of sp³-hybridized carbons (Fsp3) is 0.240. The molecular formula is C25H26ClN5O2S. The zero-order chi connectivity index (χ0) is 23.9. The lowest BCUT2D eigenvalue weighted by Crippen LogP contribution is -2.43. The van der Waals surface area contributed by atoms with Crippen molar-refractivity contribution in [2.24, 2.45) is 7.05 Å². The third kappa shape index (κ3) is 4.36. The fourth-order valence-electron chi connectivity index (χ4n) is 4.60. The number of fused-ring (bicyclic) bond motifs is 1. The Labute approximate surface area is 204 Å². The summed E-state index contributed by atoms with van der Waals surface area (Å²) in [6.45, 7) is 3.96. The highest BCUT2D eigenvalue weighted by atomic mass is 35.5. The molecule has 2 N–H and O–H groups in total. The van der Waals surface area contributed by atoms with E-state index >= 15 is 0 Å². The summed E-state index contributed by atoms with van der Waals surface area (Å²) in [5, 5.41) is 4.88. The maximum atomic E-state index is 11.6. The van der Waals surface area contributed by atoms with Gasteiger partial charge in [0.1, 0.15) is 5.65 Å². The summed E-state index contributed by atoms with van der Waals surface area (Å²) < 4.78 is 27.8. The van der Waals surface area contributed by atoms with E-state index in [1.165, 1.54) is 5.69 Å². The molecule has 0 atom stereocenters. The first kappa shape index (κ1) is 22.7. The van der Waals surface area contributed by atoms with Crippen molar-refractivity contribution < 1.29 is 8.42 Å². The van der Waals surface area contributed by atoms with Gasteiger partial charge in [-0.15, -0.1) is 0 Å². The van der Waals surface area contributed by atoms with E-state index in [1.54, 1.807) is 24.4 Å². The van der Waals surface area contributed by atoms with E-state index < -0.39 is 10.0 Å². The van der Waals surface area contributed by atoms with Crippen LogP contribution >= 0.6 is 11.6 Å². The molecular weight excluding hydrogens is 470 g/mol. The number of pyridine rings is 1. The number of nitrogens with zero attached hydrogens (tertiary/aromatic N) is 3. The molecule has 2 aromatic carbocycles. The molecule has 0 saturated carbocycles. The van der Waals surface area contributed by atoms with Crippen molar-refractivity contribution in [2.75, 3.05) is 42.1 Å². The van der Waals surface area contributed by atoms with E-state index in [-0.39, 0.29) is 0 Å². The molecule has 0 radical (unpaired) electrons. The van der Waals surface area contributed by atoms with Gasteiger partial charge in [0.25, 0.3) is 0 Å². The van der Waals surface area contributed by atoms with Gasteiger partial charge in [-0.05, 0) is 41.5 Å². The second kappa shape index (κ2) is 8.94. The van der Waals surface area contributed by atoms with Crippen molar-refractivity contribution >= 4 is 44.0 Å². The molecule has 176 valence electrons. The Morgan fingerprint density at radius 3 is 2.26 bits per heavy atom. The number of aryl methyl sites for hydroxylation is 1. The minimum Gasteiger partial charge on any atom is -0.369 e. The Kier molecular flexibility index (Phi) is 5.97. The van der Waals surface area contributed by atoms with Crippen LogP contribution in [-0.4, -0.2) is 50.4 Å². The van der Waals surface area contributed by atoms with Crippen LogP contribution in [0, 0.1) is 0 Å². The van der Waals surface area contributed by atoms with Crippen LogP contribution in [0.5, 0.6) is 0 Å². The minimum absolute atomic E-state index is 0.512. The molecule has 1 aliphatic rings. The van der Waals surface area contributed by atoms with Gasteiger partial charge in [0.2, 0.25) is 10.0 Å². The highest BCUT2D eigenvalue weighted by molar-refractivity contribution is 7.92. The maximum absolute atomic E-state index is 11.6. The molecule has 1 aliphatic heterocycles. The average Bonchev–Trinajstić information content (AvgIpc) is 3.13. The largest absolute Gasteiger partial charge is 0.369 e. The van der Waals surface area contributed by atoms with Crippen molar-refractivity contribution in [3.8, 4) is 22.4 Å². The summed E-state index contributed by atoms with van der Waals surface area (Å²) >= 11 is 6.67. The van der Waals surface area contributed by atoms with Gasteiger partial charge in [0.15, 0.2) is 0 Å². The van der Waals surface area contributed by atoms with E-state index in [1.807, 2.05) is 19.2 Å². The smallest absolute Gasteiger partial charge is 0.229 e. The molecule has 7 nitrogen and oxygen atoms in total. The number of rotatable bonds is 5. The van der Waals surface area contributed by atoms with Crippen molar-refractivity contribution in [1.29, 1.82) is 0 Å². The van der Waals surface area contributed by atoms with Crippen LogP contribution in [-0.2, 0) is 17.1 Å². The van der Waals surface area contributed by atoms with E-state index in [4.69, 9.17) is 11.6 Å². The Morgan fingerprint density at radius 1 is 0.971 bits per heavy atom. The number of nitrogens with one attached hydrogen (secondary N) is 2. The van der Waals surface area contributed by atoms with Gasteiger partial charge in [-0.2, -0.15) is 0 Å². The third-order valence-corrected chi connectivity index (χ3v) is 7.04. The summed E-state index contributed by atoms with van der Waals surface area (Å²) in [5.41, 5.74) is 6.48. The number of anilines is 2. The molecule has 0 spiro atoms. The second-order valence-electron chi connectivity index (χ2n) is 8.51. The molecule has 0 unspecified atom stereocenters.